The Morgan fingerprint density at radius 3 is 2.83 bits per heavy atom. The molecule has 1 rings (SSSR count). The quantitative estimate of drug-likeness (QED) is 0.614. The SMILES string of the molecule is CN=C(NCC(C)c1ccsc1)NC(C)COC. The smallest absolute Gasteiger partial charge is 0.191 e. The Hall–Kier alpha value is -1.07. The number of nitrogens with one attached hydrogen (secondary N) is 2. The molecule has 0 aromatic carbocycles. The molecular formula is C13H23N3OS. The summed E-state index contributed by atoms with van der Waals surface area (Å²) in [5, 5.41) is 10.9. The van der Waals surface area contributed by atoms with Gasteiger partial charge in [-0.3, -0.25) is 4.99 Å². The molecule has 1 heterocycles. The van der Waals surface area contributed by atoms with Gasteiger partial charge in [0.2, 0.25) is 0 Å². The highest BCUT2D eigenvalue weighted by Gasteiger charge is 2.08. The molecule has 2 unspecified atom stereocenters. The van der Waals surface area contributed by atoms with Crippen LogP contribution in [0.1, 0.15) is 25.3 Å². The Labute approximate surface area is 113 Å². The van der Waals surface area contributed by atoms with Crippen molar-refractivity contribution in [1.29, 1.82) is 0 Å². The van der Waals surface area contributed by atoms with Gasteiger partial charge in [-0.15, -0.1) is 0 Å². The first-order valence-electron chi connectivity index (χ1n) is 6.15. The minimum absolute atomic E-state index is 0.248. The maximum Gasteiger partial charge on any atom is 0.191 e. The summed E-state index contributed by atoms with van der Waals surface area (Å²) in [4.78, 5) is 4.21. The fraction of sp³-hybridized carbons (Fsp3) is 0.615. The predicted octanol–water partition coefficient (Wildman–Crippen LogP) is 2.05. The molecular weight excluding hydrogens is 246 g/mol. The summed E-state index contributed by atoms with van der Waals surface area (Å²) in [6.45, 7) is 5.82. The van der Waals surface area contributed by atoms with E-state index in [1.54, 1.807) is 25.5 Å². The highest BCUT2D eigenvalue weighted by atomic mass is 32.1. The standard InChI is InChI=1S/C13H23N3OS/c1-10(12-5-6-18-9-12)7-15-13(14-3)16-11(2)8-17-4/h5-6,9-11H,7-8H2,1-4H3,(H2,14,15,16). The monoisotopic (exact) mass is 269 g/mol. The van der Waals surface area contributed by atoms with Gasteiger partial charge in [0.1, 0.15) is 0 Å². The van der Waals surface area contributed by atoms with Gasteiger partial charge in [-0.05, 0) is 35.2 Å². The van der Waals surface area contributed by atoms with Crippen molar-refractivity contribution in [1.82, 2.24) is 10.6 Å². The van der Waals surface area contributed by atoms with Gasteiger partial charge in [-0.25, -0.2) is 0 Å². The summed E-state index contributed by atoms with van der Waals surface area (Å²) >= 11 is 1.74. The summed E-state index contributed by atoms with van der Waals surface area (Å²) in [7, 11) is 3.48. The van der Waals surface area contributed by atoms with Crippen LogP contribution < -0.4 is 10.6 Å². The third-order valence-electron chi connectivity index (χ3n) is 2.71. The van der Waals surface area contributed by atoms with Crippen molar-refractivity contribution < 1.29 is 4.74 Å². The average molecular weight is 269 g/mol. The van der Waals surface area contributed by atoms with Crippen molar-refractivity contribution in [3.05, 3.63) is 22.4 Å². The molecule has 0 radical (unpaired) electrons. The zero-order chi connectivity index (χ0) is 13.4. The molecule has 2 atom stereocenters. The first-order valence-corrected chi connectivity index (χ1v) is 7.09. The Bertz CT molecular complexity index is 351. The maximum atomic E-state index is 5.09. The van der Waals surface area contributed by atoms with Crippen LogP contribution >= 0.6 is 11.3 Å². The fourth-order valence-corrected chi connectivity index (χ4v) is 2.43. The second-order valence-electron chi connectivity index (χ2n) is 4.41. The molecule has 0 spiro atoms. The van der Waals surface area contributed by atoms with Gasteiger partial charge >= 0.3 is 0 Å². The second kappa shape index (κ2) is 8.11. The number of guanidine groups is 1. The molecule has 102 valence electrons. The van der Waals surface area contributed by atoms with Crippen molar-refractivity contribution in [3.63, 3.8) is 0 Å². The lowest BCUT2D eigenvalue weighted by Gasteiger charge is -2.19. The fourth-order valence-electron chi connectivity index (χ4n) is 1.64. The van der Waals surface area contributed by atoms with Crippen molar-refractivity contribution in [2.75, 3.05) is 27.3 Å². The van der Waals surface area contributed by atoms with Crippen LogP contribution in [-0.2, 0) is 4.74 Å². The molecule has 2 N–H and O–H groups in total. The van der Waals surface area contributed by atoms with Gasteiger partial charge in [0, 0.05) is 26.7 Å². The largest absolute Gasteiger partial charge is 0.383 e. The number of nitrogens with zero attached hydrogens (tertiary/aromatic N) is 1. The molecule has 0 saturated heterocycles. The van der Waals surface area contributed by atoms with Crippen LogP contribution in [0, 0.1) is 0 Å². The summed E-state index contributed by atoms with van der Waals surface area (Å²) in [6, 6.07) is 2.42. The summed E-state index contributed by atoms with van der Waals surface area (Å²) in [5.74, 6) is 1.30. The van der Waals surface area contributed by atoms with Gasteiger partial charge < -0.3 is 15.4 Å². The van der Waals surface area contributed by atoms with Gasteiger partial charge in [-0.1, -0.05) is 6.92 Å². The number of thiophene rings is 1. The molecule has 0 saturated carbocycles. The lowest BCUT2D eigenvalue weighted by molar-refractivity contribution is 0.179. The van der Waals surface area contributed by atoms with Crippen LogP contribution in [-0.4, -0.2) is 39.3 Å². The molecule has 0 bridgehead atoms. The molecule has 5 heteroatoms. The van der Waals surface area contributed by atoms with Crippen LogP contribution in [0.15, 0.2) is 21.8 Å². The van der Waals surface area contributed by atoms with Gasteiger partial charge in [-0.2, -0.15) is 11.3 Å². The van der Waals surface area contributed by atoms with E-state index in [9.17, 15) is 0 Å². The van der Waals surface area contributed by atoms with Crippen molar-refractivity contribution in [2.24, 2.45) is 4.99 Å². The summed E-state index contributed by atoms with van der Waals surface area (Å²) < 4.78 is 5.09. The van der Waals surface area contributed by atoms with Crippen molar-refractivity contribution in [3.8, 4) is 0 Å². The van der Waals surface area contributed by atoms with Gasteiger partial charge in [0.25, 0.3) is 0 Å². The van der Waals surface area contributed by atoms with E-state index in [0.717, 1.165) is 12.5 Å². The number of aliphatic imine (C=N–C) groups is 1. The third-order valence-corrected chi connectivity index (χ3v) is 3.41. The number of ether oxygens (including phenoxy) is 1. The van der Waals surface area contributed by atoms with Crippen LogP contribution in [0.3, 0.4) is 0 Å². The lowest BCUT2D eigenvalue weighted by atomic mass is 10.1. The van der Waals surface area contributed by atoms with Crippen molar-refractivity contribution >= 4 is 17.3 Å². The molecule has 0 aliphatic rings. The van der Waals surface area contributed by atoms with Crippen LogP contribution in [0.4, 0.5) is 0 Å². The normalized spacial score (nSPS) is 15.2. The van der Waals surface area contributed by atoms with E-state index < -0.39 is 0 Å². The zero-order valence-electron chi connectivity index (χ0n) is 11.6. The third kappa shape index (κ3) is 5.06. The molecule has 4 nitrogen and oxygen atoms in total. The van der Waals surface area contributed by atoms with E-state index in [4.69, 9.17) is 4.74 Å². The number of hydrogen-bond donors (Lipinski definition) is 2. The predicted molar refractivity (Wildman–Crippen MR) is 78.6 cm³/mol. The molecule has 0 fully saturated rings. The van der Waals surface area contributed by atoms with E-state index in [0.29, 0.717) is 12.5 Å². The van der Waals surface area contributed by atoms with E-state index in [1.165, 1.54) is 5.56 Å². The van der Waals surface area contributed by atoms with Crippen LogP contribution in [0.2, 0.25) is 0 Å². The van der Waals surface area contributed by atoms with Crippen molar-refractivity contribution in [2.45, 2.75) is 25.8 Å². The maximum absolute atomic E-state index is 5.09. The number of hydrogen-bond acceptors (Lipinski definition) is 3. The lowest BCUT2D eigenvalue weighted by Crippen LogP contribution is -2.44. The van der Waals surface area contributed by atoms with E-state index in [1.807, 2.05) is 0 Å². The molecule has 0 aliphatic carbocycles. The van der Waals surface area contributed by atoms with Gasteiger partial charge in [0.15, 0.2) is 5.96 Å². The Morgan fingerprint density at radius 2 is 2.28 bits per heavy atom. The Balaban J connectivity index is 2.36. The zero-order valence-corrected chi connectivity index (χ0v) is 12.4. The minimum atomic E-state index is 0.248. The summed E-state index contributed by atoms with van der Waals surface area (Å²) in [6.07, 6.45) is 0. The summed E-state index contributed by atoms with van der Waals surface area (Å²) in [5.41, 5.74) is 1.37. The first-order chi connectivity index (χ1) is 8.67. The Morgan fingerprint density at radius 1 is 1.50 bits per heavy atom. The van der Waals surface area contributed by atoms with Gasteiger partial charge in [0.05, 0.1) is 6.61 Å². The molecule has 18 heavy (non-hydrogen) atoms. The molecule has 0 aliphatic heterocycles. The van der Waals surface area contributed by atoms with E-state index in [-0.39, 0.29) is 6.04 Å². The number of methoxy groups -OCH3 is 1. The second-order valence-corrected chi connectivity index (χ2v) is 5.19. The number of rotatable bonds is 6. The Kier molecular flexibility index (Phi) is 6.75. The van der Waals surface area contributed by atoms with E-state index >= 15 is 0 Å². The highest BCUT2D eigenvalue weighted by molar-refractivity contribution is 7.07. The topological polar surface area (TPSA) is 45.7 Å². The minimum Gasteiger partial charge on any atom is -0.383 e. The van der Waals surface area contributed by atoms with E-state index in [2.05, 4.69) is 46.3 Å². The molecule has 1 aromatic heterocycles. The van der Waals surface area contributed by atoms with Crippen LogP contribution in [0.5, 0.6) is 0 Å². The molecule has 1 aromatic rings. The first kappa shape index (κ1) is 15.0. The average Bonchev–Trinajstić information content (AvgIpc) is 2.88. The van der Waals surface area contributed by atoms with Crippen LogP contribution in [0.25, 0.3) is 0 Å². The highest BCUT2D eigenvalue weighted by Crippen LogP contribution is 2.16. The molecule has 0 amide bonds.